The second-order valence-corrected chi connectivity index (χ2v) is 10.3. The number of rotatable bonds is 6. The van der Waals surface area contributed by atoms with Gasteiger partial charge in [0.1, 0.15) is 0 Å². The van der Waals surface area contributed by atoms with E-state index in [0.717, 1.165) is 22.3 Å². The van der Waals surface area contributed by atoms with E-state index < -0.39 is 11.7 Å². The monoisotopic (exact) mass is 525 g/mol. The number of hydrogen-bond acceptors (Lipinski definition) is 6. The molecule has 5 nitrogen and oxygen atoms in total. The summed E-state index contributed by atoms with van der Waals surface area (Å²) < 4.78 is 44.8. The predicted octanol–water partition coefficient (Wildman–Crippen LogP) is 6.17. The van der Waals surface area contributed by atoms with Gasteiger partial charge in [0.15, 0.2) is 5.13 Å². The van der Waals surface area contributed by atoms with Crippen molar-refractivity contribution < 1.29 is 22.7 Å². The number of benzene rings is 2. The van der Waals surface area contributed by atoms with Gasteiger partial charge in [-0.25, -0.2) is 4.98 Å². The number of carbonyl (C=O) groups is 1. The van der Waals surface area contributed by atoms with Crippen LogP contribution in [0.25, 0.3) is 10.2 Å². The molecule has 0 amide bonds. The minimum atomic E-state index is -4.37. The molecule has 2 heterocycles. The first-order chi connectivity index (χ1) is 16.5. The number of esters is 1. The van der Waals surface area contributed by atoms with Gasteiger partial charge in [-0.2, -0.15) is 13.2 Å². The molecule has 1 aromatic heterocycles. The molecule has 1 fully saturated rings. The zero-order valence-corrected chi connectivity index (χ0v) is 21.3. The van der Waals surface area contributed by atoms with Crippen LogP contribution in [-0.2, 0) is 28.7 Å². The molecule has 10 heteroatoms. The Kier molecular flexibility index (Phi) is 7.59. The summed E-state index contributed by atoms with van der Waals surface area (Å²) in [4.78, 5) is 21.0. The van der Waals surface area contributed by atoms with Gasteiger partial charge in [0.05, 0.1) is 28.8 Å². The van der Waals surface area contributed by atoms with E-state index in [9.17, 15) is 18.0 Å². The highest BCUT2D eigenvalue weighted by atomic mass is 35.5. The van der Waals surface area contributed by atoms with E-state index in [4.69, 9.17) is 16.3 Å². The van der Waals surface area contributed by atoms with Crippen LogP contribution < -0.4 is 4.90 Å². The van der Waals surface area contributed by atoms with E-state index in [1.54, 1.807) is 13.0 Å². The molecule has 1 aliphatic rings. The van der Waals surface area contributed by atoms with Crippen molar-refractivity contribution in [3.05, 3.63) is 58.1 Å². The van der Waals surface area contributed by atoms with E-state index in [2.05, 4.69) is 28.6 Å². The fraction of sp³-hybridized carbons (Fsp3) is 0.440. The molecule has 1 aliphatic heterocycles. The Hall–Kier alpha value is -2.36. The summed E-state index contributed by atoms with van der Waals surface area (Å²) in [6.45, 7) is 8.44. The first-order valence-corrected chi connectivity index (χ1v) is 12.7. The Balaban J connectivity index is 1.47. The summed E-state index contributed by atoms with van der Waals surface area (Å²) in [5.74, 6) is -0.283. The van der Waals surface area contributed by atoms with Gasteiger partial charge in [-0.1, -0.05) is 29.0 Å². The summed E-state index contributed by atoms with van der Waals surface area (Å²) in [5, 5.41) is 1.31. The summed E-state index contributed by atoms with van der Waals surface area (Å²) in [5.41, 5.74) is 1.76. The van der Waals surface area contributed by atoms with Crippen molar-refractivity contribution in [2.45, 2.75) is 52.0 Å². The number of nitrogens with zero attached hydrogens (tertiary/aromatic N) is 3. The molecule has 1 saturated heterocycles. The van der Waals surface area contributed by atoms with Crippen molar-refractivity contribution in [3.63, 3.8) is 0 Å². The van der Waals surface area contributed by atoms with Crippen molar-refractivity contribution in [1.29, 1.82) is 0 Å². The normalized spacial score (nSPS) is 19.3. The van der Waals surface area contributed by atoms with Crippen LogP contribution >= 0.6 is 22.9 Å². The SMILES string of the molecule is CCOC(=O)Cc1cc(Cl)cc(CN2C(C)CN(c3nc4ccc(C(F)(F)F)cc4s3)CC2C)c1. The molecular weight excluding hydrogens is 499 g/mol. The zero-order chi connectivity index (χ0) is 25.3. The average molecular weight is 526 g/mol. The van der Waals surface area contributed by atoms with Gasteiger partial charge in [0.25, 0.3) is 0 Å². The number of alkyl halides is 3. The number of hydrogen-bond donors (Lipinski definition) is 0. The summed E-state index contributed by atoms with van der Waals surface area (Å²) in [6, 6.07) is 9.71. The van der Waals surface area contributed by atoms with Crippen molar-refractivity contribution in [1.82, 2.24) is 9.88 Å². The van der Waals surface area contributed by atoms with Crippen molar-refractivity contribution in [2.24, 2.45) is 0 Å². The van der Waals surface area contributed by atoms with Crippen LogP contribution in [0.2, 0.25) is 5.02 Å². The molecule has 2 atom stereocenters. The lowest BCUT2D eigenvalue weighted by Crippen LogP contribution is -2.56. The Bertz CT molecular complexity index is 1200. The molecule has 0 N–H and O–H groups in total. The van der Waals surface area contributed by atoms with E-state index in [1.807, 2.05) is 12.1 Å². The van der Waals surface area contributed by atoms with Crippen molar-refractivity contribution >= 4 is 44.3 Å². The second-order valence-electron chi connectivity index (χ2n) is 8.90. The number of carbonyl (C=O) groups excluding carboxylic acids is 1. The largest absolute Gasteiger partial charge is 0.466 e. The van der Waals surface area contributed by atoms with Gasteiger partial charge in [0, 0.05) is 36.7 Å². The Morgan fingerprint density at radius 3 is 2.49 bits per heavy atom. The van der Waals surface area contributed by atoms with Gasteiger partial charge in [-0.05, 0) is 62.2 Å². The molecule has 2 unspecified atom stereocenters. The van der Waals surface area contributed by atoms with Crippen LogP contribution in [-0.4, -0.2) is 47.6 Å². The van der Waals surface area contributed by atoms with Crippen LogP contribution in [0.1, 0.15) is 37.5 Å². The minimum Gasteiger partial charge on any atom is -0.466 e. The van der Waals surface area contributed by atoms with Gasteiger partial charge in [-0.3, -0.25) is 9.69 Å². The molecule has 188 valence electrons. The quantitative estimate of drug-likeness (QED) is 0.360. The van der Waals surface area contributed by atoms with Gasteiger partial charge >= 0.3 is 12.1 Å². The van der Waals surface area contributed by atoms with Crippen molar-refractivity contribution in [3.8, 4) is 0 Å². The number of halogens is 4. The molecule has 0 bridgehead atoms. The summed E-state index contributed by atoms with van der Waals surface area (Å²) in [7, 11) is 0. The van der Waals surface area contributed by atoms with Crippen LogP contribution in [0.5, 0.6) is 0 Å². The molecule has 0 aliphatic carbocycles. The zero-order valence-electron chi connectivity index (χ0n) is 19.7. The molecule has 0 spiro atoms. The highest BCUT2D eigenvalue weighted by Gasteiger charge is 2.33. The van der Waals surface area contributed by atoms with Crippen LogP contribution in [0.3, 0.4) is 0 Å². The van der Waals surface area contributed by atoms with E-state index in [1.165, 1.54) is 23.5 Å². The third-order valence-electron chi connectivity index (χ3n) is 6.11. The topological polar surface area (TPSA) is 45.7 Å². The molecular formula is C25H27ClF3N3O2S. The lowest BCUT2D eigenvalue weighted by atomic mass is 10.0. The Morgan fingerprint density at radius 1 is 1.14 bits per heavy atom. The minimum absolute atomic E-state index is 0.170. The molecule has 2 aromatic carbocycles. The van der Waals surface area contributed by atoms with E-state index >= 15 is 0 Å². The number of piperazine rings is 1. The van der Waals surface area contributed by atoms with Crippen LogP contribution in [0.4, 0.5) is 18.3 Å². The Labute approximate surface area is 211 Å². The number of aromatic nitrogens is 1. The summed E-state index contributed by atoms with van der Waals surface area (Å²) in [6.07, 6.45) is -4.20. The first-order valence-electron chi connectivity index (χ1n) is 11.5. The lowest BCUT2D eigenvalue weighted by molar-refractivity contribution is -0.142. The summed E-state index contributed by atoms with van der Waals surface area (Å²) >= 11 is 7.62. The van der Waals surface area contributed by atoms with Crippen LogP contribution in [0, 0.1) is 0 Å². The number of fused-ring (bicyclic) bond motifs is 1. The smallest absolute Gasteiger partial charge is 0.416 e. The Morgan fingerprint density at radius 2 is 1.83 bits per heavy atom. The molecule has 4 rings (SSSR count). The van der Waals surface area contributed by atoms with Gasteiger partial charge in [0.2, 0.25) is 0 Å². The maximum atomic E-state index is 13.1. The van der Waals surface area contributed by atoms with Crippen molar-refractivity contribution in [2.75, 3.05) is 24.6 Å². The fourth-order valence-corrected chi connectivity index (χ4v) is 5.85. The number of thiazole rings is 1. The predicted molar refractivity (Wildman–Crippen MR) is 133 cm³/mol. The van der Waals surface area contributed by atoms with E-state index in [0.29, 0.717) is 41.5 Å². The number of ether oxygens (including phenoxy) is 1. The highest BCUT2D eigenvalue weighted by Crippen LogP contribution is 2.36. The fourth-order valence-electron chi connectivity index (χ4n) is 4.55. The lowest BCUT2D eigenvalue weighted by Gasteiger charge is -2.44. The third kappa shape index (κ3) is 6.08. The molecule has 0 radical (unpaired) electrons. The third-order valence-corrected chi connectivity index (χ3v) is 7.41. The maximum Gasteiger partial charge on any atom is 0.416 e. The standard InChI is InChI=1S/C25H27ClF3N3O2S/c1-4-34-23(33)10-17-7-18(9-20(26)8-17)14-32-15(2)12-31(13-16(32)3)24-30-21-6-5-19(25(27,28)29)11-22(21)35-24/h5-9,11,15-16H,4,10,12-14H2,1-3H3. The molecule has 0 saturated carbocycles. The van der Waals surface area contributed by atoms with Crippen LogP contribution in [0.15, 0.2) is 36.4 Å². The second kappa shape index (κ2) is 10.3. The number of anilines is 1. The highest BCUT2D eigenvalue weighted by molar-refractivity contribution is 7.22. The van der Waals surface area contributed by atoms with Gasteiger partial charge < -0.3 is 9.64 Å². The first kappa shape index (κ1) is 25.7. The van der Waals surface area contributed by atoms with Gasteiger partial charge in [-0.15, -0.1) is 0 Å². The average Bonchev–Trinajstić information content (AvgIpc) is 3.19. The molecule has 3 aromatic rings. The molecule has 35 heavy (non-hydrogen) atoms. The maximum absolute atomic E-state index is 13.1. The van der Waals surface area contributed by atoms with E-state index in [-0.39, 0.29) is 24.5 Å².